The van der Waals surface area contributed by atoms with Crippen LogP contribution < -0.4 is 5.73 Å². The SMILES string of the molecule is NCCc1nc2ncc([N+](=O)[O-])cn2n1. The molecule has 15 heavy (non-hydrogen) atoms. The molecule has 2 rings (SSSR count). The summed E-state index contributed by atoms with van der Waals surface area (Å²) in [7, 11) is 0. The van der Waals surface area contributed by atoms with E-state index in [2.05, 4.69) is 15.1 Å². The Bertz CT molecular complexity index is 507. The van der Waals surface area contributed by atoms with Gasteiger partial charge in [0.25, 0.3) is 5.78 Å². The molecule has 0 amide bonds. The van der Waals surface area contributed by atoms with Crippen molar-refractivity contribution in [3.63, 3.8) is 0 Å². The van der Waals surface area contributed by atoms with Crippen LogP contribution in [-0.2, 0) is 6.42 Å². The first-order chi connectivity index (χ1) is 7.20. The number of fused-ring (bicyclic) bond motifs is 1. The summed E-state index contributed by atoms with van der Waals surface area (Å²) < 4.78 is 1.28. The van der Waals surface area contributed by atoms with E-state index in [0.717, 1.165) is 6.20 Å². The van der Waals surface area contributed by atoms with Crippen molar-refractivity contribution in [3.8, 4) is 0 Å². The summed E-state index contributed by atoms with van der Waals surface area (Å²) in [6.07, 6.45) is 2.95. The van der Waals surface area contributed by atoms with E-state index < -0.39 is 4.92 Å². The molecule has 2 aromatic rings. The van der Waals surface area contributed by atoms with Gasteiger partial charge in [0.2, 0.25) is 0 Å². The summed E-state index contributed by atoms with van der Waals surface area (Å²) in [4.78, 5) is 17.8. The van der Waals surface area contributed by atoms with Crippen molar-refractivity contribution in [2.24, 2.45) is 5.73 Å². The number of nitrogens with two attached hydrogens (primary N) is 1. The molecule has 0 spiro atoms. The second-order valence-electron chi connectivity index (χ2n) is 2.88. The zero-order valence-corrected chi connectivity index (χ0v) is 7.70. The molecule has 0 saturated carbocycles. The van der Waals surface area contributed by atoms with Crippen molar-refractivity contribution in [2.45, 2.75) is 6.42 Å². The van der Waals surface area contributed by atoms with Gasteiger partial charge in [0.05, 0.1) is 4.92 Å². The first-order valence-corrected chi connectivity index (χ1v) is 4.26. The smallest absolute Gasteiger partial charge is 0.305 e. The van der Waals surface area contributed by atoms with E-state index in [1.165, 1.54) is 10.7 Å². The molecule has 78 valence electrons. The van der Waals surface area contributed by atoms with E-state index in [1.54, 1.807) is 0 Å². The van der Waals surface area contributed by atoms with Gasteiger partial charge in [-0.1, -0.05) is 0 Å². The lowest BCUT2D eigenvalue weighted by Crippen LogP contribution is -2.04. The van der Waals surface area contributed by atoms with Crippen LogP contribution >= 0.6 is 0 Å². The Hall–Kier alpha value is -2.09. The Morgan fingerprint density at radius 1 is 1.60 bits per heavy atom. The molecule has 0 fully saturated rings. The molecule has 0 atom stereocenters. The molecular weight excluding hydrogens is 200 g/mol. The fraction of sp³-hybridized carbons (Fsp3) is 0.286. The predicted octanol–water partition coefficient (Wildman–Crippen LogP) is -0.466. The third-order valence-electron chi connectivity index (χ3n) is 1.80. The molecule has 0 aromatic carbocycles. The predicted molar refractivity (Wildman–Crippen MR) is 50.2 cm³/mol. The molecule has 2 aromatic heterocycles. The van der Waals surface area contributed by atoms with E-state index in [-0.39, 0.29) is 5.69 Å². The van der Waals surface area contributed by atoms with Crippen molar-refractivity contribution in [3.05, 3.63) is 28.3 Å². The Balaban J connectivity index is 2.47. The fourth-order valence-corrected chi connectivity index (χ4v) is 1.14. The Morgan fingerprint density at radius 2 is 2.40 bits per heavy atom. The molecule has 2 N–H and O–H groups in total. The molecule has 8 heteroatoms. The maximum absolute atomic E-state index is 10.5. The number of hydrogen-bond donors (Lipinski definition) is 1. The van der Waals surface area contributed by atoms with Gasteiger partial charge in [-0.25, -0.2) is 4.98 Å². The van der Waals surface area contributed by atoms with Gasteiger partial charge in [0.15, 0.2) is 5.82 Å². The van der Waals surface area contributed by atoms with Crippen LogP contribution in [0.15, 0.2) is 12.4 Å². The summed E-state index contributed by atoms with van der Waals surface area (Å²) in [6.45, 7) is 0.430. The number of aromatic nitrogens is 4. The normalized spacial score (nSPS) is 10.7. The van der Waals surface area contributed by atoms with Crippen LogP contribution in [0.25, 0.3) is 5.78 Å². The van der Waals surface area contributed by atoms with Crippen molar-refractivity contribution in [1.82, 2.24) is 19.6 Å². The average molecular weight is 208 g/mol. The molecule has 0 radical (unpaired) electrons. The van der Waals surface area contributed by atoms with Crippen molar-refractivity contribution in [2.75, 3.05) is 6.54 Å². The number of nitrogens with zero attached hydrogens (tertiary/aromatic N) is 5. The van der Waals surface area contributed by atoms with Crippen LogP contribution in [0, 0.1) is 10.1 Å². The first-order valence-electron chi connectivity index (χ1n) is 4.26. The summed E-state index contributed by atoms with van der Waals surface area (Å²) >= 11 is 0. The quantitative estimate of drug-likeness (QED) is 0.539. The zero-order valence-electron chi connectivity index (χ0n) is 7.70. The minimum atomic E-state index is -0.531. The Kier molecular flexibility index (Phi) is 2.26. The van der Waals surface area contributed by atoms with Gasteiger partial charge in [-0.2, -0.15) is 9.50 Å². The van der Waals surface area contributed by atoms with E-state index in [1.807, 2.05) is 0 Å². The summed E-state index contributed by atoms with van der Waals surface area (Å²) in [5.74, 6) is 0.870. The first kappa shape index (κ1) is 9.46. The lowest BCUT2D eigenvalue weighted by atomic mass is 10.4. The number of nitro groups is 1. The summed E-state index contributed by atoms with van der Waals surface area (Å²) in [6, 6.07) is 0. The second kappa shape index (κ2) is 3.58. The van der Waals surface area contributed by atoms with Crippen LogP contribution in [0.3, 0.4) is 0 Å². The zero-order chi connectivity index (χ0) is 10.8. The summed E-state index contributed by atoms with van der Waals surface area (Å²) in [5.41, 5.74) is 5.22. The molecule has 0 aliphatic carbocycles. The summed E-state index contributed by atoms with van der Waals surface area (Å²) in [5, 5.41) is 14.5. The lowest BCUT2D eigenvalue weighted by Gasteiger charge is -1.90. The third kappa shape index (κ3) is 1.74. The number of hydrogen-bond acceptors (Lipinski definition) is 6. The van der Waals surface area contributed by atoms with Gasteiger partial charge in [-0.3, -0.25) is 10.1 Å². The minimum absolute atomic E-state index is 0.119. The maximum atomic E-state index is 10.5. The maximum Gasteiger partial charge on any atom is 0.305 e. The van der Waals surface area contributed by atoms with Crippen LogP contribution in [0.1, 0.15) is 5.82 Å². The molecule has 8 nitrogen and oxygen atoms in total. The van der Waals surface area contributed by atoms with E-state index in [4.69, 9.17) is 5.73 Å². The second-order valence-corrected chi connectivity index (χ2v) is 2.88. The molecule has 2 heterocycles. The molecule has 0 saturated heterocycles. The highest BCUT2D eigenvalue weighted by molar-refractivity contribution is 5.33. The lowest BCUT2D eigenvalue weighted by molar-refractivity contribution is -0.385. The Morgan fingerprint density at radius 3 is 3.07 bits per heavy atom. The van der Waals surface area contributed by atoms with Crippen molar-refractivity contribution < 1.29 is 4.92 Å². The highest BCUT2D eigenvalue weighted by Gasteiger charge is 2.10. The van der Waals surface area contributed by atoms with Gasteiger partial charge in [-0.15, -0.1) is 5.10 Å². The van der Waals surface area contributed by atoms with Gasteiger partial charge >= 0.3 is 5.69 Å². The average Bonchev–Trinajstić information content (AvgIpc) is 2.59. The minimum Gasteiger partial charge on any atom is -0.330 e. The van der Waals surface area contributed by atoms with Crippen LogP contribution in [-0.4, -0.2) is 31.1 Å². The van der Waals surface area contributed by atoms with Crippen molar-refractivity contribution in [1.29, 1.82) is 0 Å². The number of rotatable bonds is 3. The molecule has 0 aliphatic heterocycles. The highest BCUT2D eigenvalue weighted by Crippen LogP contribution is 2.08. The molecular formula is C7H8N6O2. The third-order valence-corrected chi connectivity index (χ3v) is 1.80. The van der Waals surface area contributed by atoms with Gasteiger partial charge < -0.3 is 5.73 Å². The fourth-order valence-electron chi connectivity index (χ4n) is 1.14. The van der Waals surface area contributed by atoms with Crippen LogP contribution in [0.2, 0.25) is 0 Å². The standard InChI is InChI=1S/C7H8N6O2/c8-2-1-6-10-7-9-3-5(13(14)15)4-12(7)11-6/h3-4H,1-2,8H2. The topological polar surface area (TPSA) is 112 Å². The van der Waals surface area contributed by atoms with Crippen LogP contribution in [0.4, 0.5) is 5.69 Å². The molecule has 0 aliphatic rings. The van der Waals surface area contributed by atoms with E-state index in [9.17, 15) is 10.1 Å². The van der Waals surface area contributed by atoms with Gasteiger partial charge in [0.1, 0.15) is 12.4 Å². The van der Waals surface area contributed by atoms with Crippen molar-refractivity contribution >= 4 is 11.5 Å². The monoisotopic (exact) mass is 208 g/mol. The van der Waals surface area contributed by atoms with Gasteiger partial charge in [-0.05, 0) is 6.54 Å². The van der Waals surface area contributed by atoms with E-state index >= 15 is 0 Å². The largest absolute Gasteiger partial charge is 0.330 e. The van der Waals surface area contributed by atoms with Gasteiger partial charge in [0, 0.05) is 6.42 Å². The molecule has 0 unspecified atom stereocenters. The molecule has 0 bridgehead atoms. The Labute approximate surface area is 83.9 Å². The van der Waals surface area contributed by atoms with Crippen LogP contribution in [0.5, 0.6) is 0 Å². The highest BCUT2D eigenvalue weighted by atomic mass is 16.6. The van der Waals surface area contributed by atoms with E-state index in [0.29, 0.717) is 24.6 Å².